The van der Waals surface area contributed by atoms with E-state index in [0.717, 1.165) is 0 Å². The first-order valence-electron chi connectivity index (χ1n) is 6.21. The van der Waals surface area contributed by atoms with Crippen molar-refractivity contribution < 1.29 is 3.79 Å². The van der Waals surface area contributed by atoms with Gasteiger partial charge in [-0.25, -0.2) is 0 Å². The van der Waals surface area contributed by atoms with Crippen LogP contribution in [0.2, 0.25) is 10.6 Å². The van der Waals surface area contributed by atoms with Crippen LogP contribution in [0.15, 0.2) is 0 Å². The van der Waals surface area contributed by atoms with Gasteiger partial charge < -0.3 is 3.79 Å². The highest BCUT2D eigenvalue weighted by Crippen LogP contribution is 2.36. The SMILES string of the molecule is CCCC[CH2][Al]1[CH2]CC(C)(C)C(C)[O]1. The Morgan fingerprint density at radius 2 is 2.07 bits per heavy atom. The number of rotatable bonds is 4. The van der Waals surface area contributed by atoms with E-state index >= 15 is 0 Å². The monoisotopic (exact) mass is 212 g/mol. The maximum absolute atomic E-state index is 6.19. The Bertz CT molecular complexity index is 168. The molecule has 0 aliphatic carbocycles. The van der Waals surface area contributed by atoms with E-state index in [0.29, 0.717) is 11.5 Å². The van der Waals surface area contributed by atoms with E-state index in [1.807, 2.05) is 0 Å². The molecule has 1 saturated heterocycles. The van der Waals surface area contributed by atoms with Crippen molar-refractivity contribution in [3.8, 4) is 0 Å². The smallest absolute Gasteiger partial charge is 0.460 e. The molecule has 0 saturated carbocycles. The van der Waals surface area contributed by atoms with Crippen LogP contribution in [0.4, 0.5) is 0 Å². The highest BCUT2D eigenvalue weighted by molar-refractivity contribution is 6.52. The molecule has 0 aromatic carbocycles. The molecule has 1 atom stereocenters. The second-order valence-corrected chi connectivity index (χ2v) is 8.09. The summed E-state index contributed by atoms with van der Waals surface area (Å²) in [5.41, 5.74) is 0.425. The van der Waals surface area contributed by atoms with Gasteiger partial charge in [0.05, 0.1) is 0 Å². The van der Waals surface area contributed by atoms with E-state index in [1.54, 1.807) is 0 Å². The molecule has 0 aromatic heterocycles. The Balaban J connectivity index is 2.25. The first-order chi connectivity index (χ1) is 6.56. The van der Waals surface area contributed by atoms with Crippen LogP contribution in [0.3, 0.4) is 0 Å². The topological polar surface area (TPSA) is 9.23 Å². The summed E-state index contributed by atoms with van der Waals surface area (Å²) in [6.45, 7) is 9.22. The van der Waals surface area contributed by atoms with Gasteiger partial charge in [-0.3, -0.25) is 0 Å². The summed E-state index contributed by atoms with van der Waals surface area (Å²) in [5, 5.41) is 2.81. The van der Waals surface area contributed by atoms with Crippen LogP contribution in [0.5, 0.6) is 0 Å². The number of hydrogen-bond acceptors (Lipinski definition) is 1. The third-order valence-corrected chi connectivity index (χ3v) is 6.52. The predicted octanol–water partition coefficient (Wildman–Crippen LogP) is 4.00. The van der Waals surface area contributed by atoms with E-state index in [2.05, 4.69) is 27.7 Å². The maximum atomic E-state index is 6.19. The largest absolute Gasteiger partial charge is 0.498 e. The molecule has 0 bridgehead atoms. The quantitative estimate of drug-likeness (QED) is 0.505. The highest BCUT2D eigenvalue weighted by Gasteiger charge is 2.37. The minimum Gasteiger partial charge on any atom is -0.498 e. The highest BCUT2D eigenvalue weighted by atomic mass is 27.2. The molecule has 0 radical (unpaired) electrons. The second-order valence-electron chi connectivity index (χ2n) is 5.42. The average Bonchev–Trinajstić information content (AvgIpc) is 2.12. The van der Waals surface area contributed by atoms with Crippen LogP contribution in [-0.4, -0.2) is 20.6 Å². The molecular weight excluding hydrogens is 187 g/mol. The van der Waals surface area contributed by atoms with Crippen molar-refractivity contribution in [1.82, 2.24) is 0 Å². The molecule has 1 fully saturated rings. The third kappa shape index (κ3) is 3.57. The van der Waals surface area contributed by atoms with Crippen molar-refractivity contribution in [2.24, 2.45) is 5.41 Å². The van der Waals surface area contributed by atoms with Gasteiger partial charge in [-0.2, -0.15) is 0 Å². The lowest BCUT2D eigenvalue weighted by molar-refractivity contribution is 0.0614. The summed E-state index contributed by atoms with van der Waals surface area (Å²) in [6, 6.07) is 0. The molecule has 0 spiro atoms. The minimum atomic E-state index is -0.798. The van der Waals surface area contributed by atoms with Gasteiger partial charge in [0.25, 0.3) is 0 Å². The van der Waals surface area contributed by atoms with Crippen LogP contribution < -0.4 is 0 Å². The summed E-state index contributed by atoms with van der Waals surface area (Å²) >= 11 is -0.798. The van der Waals surface area contributed by atoms with E-state index < -0.39 is 14.5 Å². The molecule has 1 rings (SSSR count). The Hall–Kier alpha value is 0.492. The van der Waals surface area contributed by atoms with E-state index in [1.165, 1.54) is 36.2 Å². The molecular formula is C12H25AlO. The van der Waals surface area contributed by atoms with Crippen molar-refractivity contribution >= 4 is 14.5 Å². The van der Waals surface area contributed by atoms with Gasteiger partial charge in [0.1, 0.15) is 0 Å². The lowest BCUT2D eigenvalue weighted by atomic mass is 9.85. The number of unbranched alkanes of at least 4 members (excludes halogenated alkanes) is 2. The third-order valence-electron chi connectivity index (χ3n) is 3.74. The lowest BCUT2D eigenvalue weighted by Crippen LogP contribution is -2.40. The molecule has 82 valence electrons. The Kier molecular flexibility index (Phi) is 4.97. The average molecular weight is 212 g/mol. The van der Waals surface area contributed by atoms with Gasteiger partial charge in [-0.1, -0.05) is 57.0 Å². The minimum absolute atomic E-state index is 0.425. The van der Waals surface area contributed by atoms with Gasteiger partial charge in [0, 0.05) is 6.10 Å². The fourth-order valence-corrected chi connectivity index (χ4v) is 5.43. The van der Waals surface area contributed by atoms with Crippen molar-refractivity contribution in [2.75, 3.05) is 0 Å². The van der Waals surface area contributed by atoms with Crippen molar-refractivity contribution in [2.45, 2.75) is 70.0 Å². The fraction of sp³-hybridized carbons (Fsp3) is 1.00. The molecule has 0 aromatic rings. The molecule has 0 N–H and O–H groups in total. The maximum Gasteiger partial charge on any atom is 0.460 e. The van der Waals surface area contributed by atoms with Gasteiger partial charge in [-0.05, 0) is 12.3 Å². The summed E-state index contributed by atoms with van der Waals surface area (Å²) < 4.78 is 6.19. The van der Waals surface area contributed by atoms with Crippen LogP contribution in [0, 0.1) is 5.41 Å². The summed E-state index contributed by atoms with van der Waals surface area (Å²) in [7, 11) is 0. The van der Waals surface area contributed by atoms with Crippen LogP contribution in [-0.2, 0) is 3.79 Å². The van der Waals surface area contributed by atoms with Crippen molar-refractivity contribution in [3.05, 3.63) is 0 Å². The molecule has 1 unspecified atom stereocenters. The molecule has 14 heavy (non-hydrogen) atoms. The number of hydrogen-bond donors (Lipinski definition) is 0. The van der Waals surface area contributed by atoms with Crippen molar-refractivity contribution in [1.29, 1.82) is 0 Å². The van der Waals surface area contributed by atoms with E-state index in [4.69, 9.17) is 3.79 Å². The first-order valence-corrected chi connectivity index (χ1v) is 8.32. The summed E-state index contributed by atoms with van der Waals surface area (Å²) in [6.07, 6.45) is 6.01. The van der Waals surface area contributed by atoms with Crippen LogP contribution in [0.1, 0.15) is 53.4 Å². The zero-order chi connectivity index (χ0) is 10.6. The van der Waals surface area contributed by atoms with E-state index in [9.17, 15) is 0 Å². The zero-order valence-electron chi connectivity index (χ0n) is 10.3. The fourth-order valence-electron chi connectivity index (χ4n) is 2.11. The molecule has 1 aliphatic rings. The standard InChI is InChI=1S/C7H14O.C5H11.Al/c1-5-7(3,4)6(2)8;1-3-5-4-2;/h6H,1,5H2,2-4H3;1,3-5H2,2H3;/q-1;;+1. The second kappa shape index (κ2) is 5.54. The van der Waals surface area contributed by atoms with Gasteiger partial charge in [0.15, 0.2) is 0 Å². The summed E-state index contributed by atoms with van der Waals surface area (Å²) in [4.78, 5) is 0. The Labute approximate surface area is 93.9 Å². The molecule has 1 nitrogen and oxygen atoms in total. The van der Waals surface area contributed by atoms with Gasteiger partial charge in [-0.15, -0.1) is 0 Å². The lowest BCUT2D eigenvalue weighted by Gasteiger charge is -2.39. The van der Waals surface area contributed by atoms with Crippen LogP contribution >= 0.6 is 0 Å². The Morgan fingerprint density at radius 3 is 2.64 bits per heavy atom. The normalized spacial score (nSPS) is 26.6. The summed E-state index contributed by atoms with van der Waals surface area (Å²) in [5.74, 6) is 0. The predicted molar refractivity (Wildman–Crippen MR) is 63.8 cm³/mol. The van der Waals surface area contributed by atoms with Crippen LogP contribution in [0.25, 0.3) is 0 Å². The first kappa shape index (κ1) is 12.6. The Morgan fingerprint density at radius 1 is 1.36 bits per heavy atom. The molecule has 1 aliphatic heterocycles. The van der Waals surface area contributed by atoms with E-state index in [-0.39, 0.29) is 0 Å². The van der Waals surface area contributed by atoms with Crippen molar-refractivity contribution in [3.63, 3.8) is 0 Å². The molecule has 2 heteroatoms. The zero-order valence-corrected chi connectivity index (χ0v) is 11.5. The van der Waals surface area contributed by atoms with Gasteiger partial charge >= 0.3 is 14.5 Å². The van der Waals surface area contributed by atoms with Gasteiger partial charge in [0.2, 0.25) is 0 Å². The molecule has 0 amide bonds. The molecule has 1 heterocycles.